The maximum atomic E-state index is 11.8. The van der Waals surface area contributed by atoms with Crippen LogP contribution in [0.15, 0.2) is 42.5 Å². The number of esters is 1. The number of halogens is 1. The van der Waals surface area contributed by atoms with Crippen LogP contribution in [0.25, 0.3) is 0 Å². The summed E-state index contributed by atoms with van der Waals surface area (Å²) in [6, 6.07) is 12.6. The Morgan fingerprint density at radius 3 is 2.72 bits per heavy atom. The summed E-state index contributed by atoms with van der Waals surface area (Å²) in [5.74, 6) is -0.393. The number of fused-ring (bicyclic) bond motifs is 1. The van der Waals surface area contributed by atoms with Gasteiger partial charge in [0.15, 0.2) is 13.2 Å². The van der Waals surface area contributed by atoms with E-state index in [1.807, 2.05) is 18.2 Å². The molecular weight excluding hydrogens is 342 g/mol. The predicted octanol–water partition coefficient (Wildman–Crippen LogP) is 3.39. The minimum Gasteiger partial charge on any atom is -0.482 e. The zero-order chi connectivity index (χ0) is 17.6. The SMILES string of the molecule is O=C(COC(=O)COc1ccc2c(c1)CCC2)Nc1cccc(Cl)c1. The van der Waals surface area contributed by atoms with Gasteiger partial charge in [-0.2, -0.15) is 0 Å². The number of carbonyl (C=O) groups excluding carboxylic acids is 2. The topological polar surface area (TPSA) is 64.6 Å². The molecule has 0 atom stereocenters. The molecule has 0 saturated heterocycles. The highest BCUT2D eigenvalue weighted by Crippen LogP contribution is 2.25. The predicted molar refractivity (Wildman–Crippen MR) is 95.0 cm³/mol. The number of aryl methyl sites for hydroxylation is 2. The summed E-state index contributed by atoms with van der Waals surface area (Å²) in [4.78, 5) is 23.5. The van der Waals surface area contributed by atoms with E-state index in [1.54, 1.807) is 24.3 Å². The van der Waals surface area contributed by atoms with Gasteiger partial charge in [0.1, 0.15) is 5.75 Å². The Balaban J connectivity index is 1.41. The van der Waals surface area contributed by atoms with Crippen LogP contribution < -0.4 is 10.1 Å². The van der Waals surface area contributed by atoms with Gasteiger partial charge in [0.25, 0.3) is 5.91 Å². The van der Waals surface area contributed by atoms with E-state index in [4.69, 9.17) is 21.1 Å². The van der Waals surface area contributed by atoms with Crippen molar-refractivity contribution in [2.45, 2.75) is 19.3 Å². The Kier molecular flexibility index (Phi) is 5.56. The third kappa shape index (κ3) is 4.97. The largest absolute Gasteiger partial charge is 0.482 e. The smallest absolute Gasteiger partial charge is 0.344 e. The van der Waals surface area contributed by atoms with Crippen molar-refractivity contribution in [3.63, 3.8) is 0 Å². The van der Waals surface area contributed by atoms with Gasteiger partial charge < -0.3 is 14.8 Å². The van der Waals surface area contributed by atoms with E-state index in [9.17, 15) is 9.59 Å². The Hall–Kier alpha value is -2.53. The molecule has 0 saturated carbocycles. The molecule has 0 unspecified atom stereocenters. The number of hydrogen-bond donors (Lipinski definition) is 1. The molecule has 5 nitrogen and oxygen atoms in total. The van der Waals surface area contributed by atoms with Crippen molar-refractivity contribution in [3.05, 3.63) is 58.6 Å². The van der Waals surface area contributed by atoms with Crippen molar-refractivity contribution < 1.29 is 19.1 Å². The van der Waals surface area contributed by atoms with Crippen molar-refractivity contribution in [3.8, 4) is 5.75 Å². The number of anilines is 1. The first-order chi connectivity index (χ1) is 12.1. The molecule has 2 aromatic carbocycles. The minimum absolute atomic E-state index is 0.233. The summed E-state index contributed by atoms with van der Waals surface area (Å²) in [6.07, 6.45) is 3.29. The van der Waals surface area contributed by atoms with Crippen LogP contribution in [0.1, 0.15) is 17.5 Å². The molecule has 0 fully saturated rings. The second-order valence-corrected chi connectivity index (χ2v) is 6.23. The van der Waals surface area contributed by atoms with E-state index in [0.29, 0.717) is 16.5 Å². The molecule has 1 aliphatic rings. The molecule has 25 heavy (non-hydrogen) atoms. The van der Waals surface area contributed by atoms with E-state index < -0.39 is 11.9 Å². The normalized spacial score (nSPS) is 12.4. The quantitative estimate of drug-likeness (QED) is 0.803. The molecule has 0 aliphatic heterocycles. The summed E-state index contributed by atoms with van der Waals surface area (Å²) < 4.78 is 10.3. The lowest BCUT2D eigenvalue weighted by molar-refractivity contribution is -0.149. The van der Waals surface area contributed by atoms with Crippen LogP contribution in [0.5, 0.6) is 5.75 Å². The number of benzene rings is 2. The maximum Gasteiger partial charge on any atom is 0.344 e. The maximum absolute atomic E-state index is 11.8. The first-order valence-electron chi connectivity index (χ1n) is 8.06. The van der Waals surface area contributed by atoms with E-state index in [0.717, 1.165) is 19.3 Å². The summed E-state index contributed by atoms with van der Waals surface area (Å²) in [5, 5.41) is 3.11. The Morgan fingerprint density at radius 1 is 1.04 bits per heavy atom. The molecule has 0 radical (unpaired) electrons. The van der Waals surface area contributed by atoms with Crippen molar-refractivity contribution in [1.29, 1.82) is 0 Å². The molecule has 1 aliphatic carbocycles. The zero-order valence-electron chi connectivity index (χ0n) is 13.6. The first kappa shape index (κ1) is 17.3. The molecule has 1 amide bonds. The molecule has 0 spiro atoms. The zero-order valence-corrected chi connectivity index (χ0v) is 14.3. The second-order valence-electron chi connectivity index (χ2n) is 5.79. The number of carbonyl (C=O) groups is 2. The van der Waals surface area contributed by atoms with Crippen molar-refractivity contribution in [2.75, 3.05) is 18.5 Å². The van der Waals surface area contributed by atoms with Gasteiger partial charge in [-0.1, -0.05) is 23.7 Å². The number of ether oxygens (including phenoxy) is 2. The third-order valence-electron chi connectivity index (χ3n) is 3.90. The Morgan fingerprint density at radius 2 is 1.88 bits per heavy atom. The number of rotatable bonds is 6. The third-order valence-corrected chi connectivity index (χ3v) is 4.13. The lowest BCUT2D eigenvalue weighted by atomic mass is 10.1. The van der Waals surface area contributed by atoms with E-state index in [2.05, 4.69) is 5.32 Å². The van der Waals surface area contributed by atoms with Crippen LogP contribution in [0.3, 0.4) is 0 Å². The summed E-state index contributed by atoms with van der Waals surface area (Å²) >= 11 is 5.84. The fourth-order valence-electron chi connectivity index (χ4n) is 2.73. The average molecular weight is 360 g/mol. The standard InChI is InChI=1S/C19H18ClNO4/c20-15-5-2-6-16(10-15)21-18(22)11-25-19(23)12-24-17-8-7-13-3-1-4-14(13)9-17/h2,5-10H,1,3-4,11-12H2,(H,21,22). The molecule has 130 valence electrons. The van der Waals surface area contributed by atoms with Crippen LogP contribution in [0.4, 0.5) is 5.69 Å². The van der Waals surface area contributed by atoms with Crippen molar-refractivity contribution >= 4 is 29.2 Å². The molecule has 1 N–H and O–H groups in total. The lowest BCUT2D eigenvalue weighted by Crippen LogP contribution is -2.23. The number of amides is 1. The highest BCUT2D eigenvalue weighted by atomic mass is 35.5. The van der Waals surface area contributed by atoms with E-state index in [-0.39, 0.29) is 13.2 Å². The number of nitrogens with one attached hydrogen (secondary N) is 1. The Labute approximate surface area is 150 Å². The molecule has 3 rings (SSSR count). The van der Waals surface area contributed by atoms with Gasteiger partial charge in [-0.3, -0.25) is 4.79 Å². The van der Waals surface area contributed by atoms with Gasteiger partial charge in [0.2, 0.25) is 0 Å². The highest BCUT2D eigenvalue weighted by Gasteiger charge is 2.13. The van der Waals surface area contributed by atoms with Gasteiger partial charge in [-0.15, -0.1) is 0 Å². The minimum atomic E-state index is -0.596. The van der Waals surface area contributed by atoms with Gasteiger partial charge in [0, 0.05) is 10.7 Å². The summed E-state index contributed by atoms with van der Waals surface area (Å²) in [6.45, 7) is -0.609. The molecular formula is C19H18ClNO4. The molecule has 0 bridgehead atoms. The number of hydrogen-bond acceptors (Lipinski definition) is 4. The van der Waals surface area contributed by atoms with Crippen LogP contribution in [-0.4, -0.2) is 25.1 Å². The van der Waals surface area contributed by atoms with Gasteiger partial charge in [-0.05, 0) is 60.7 Å². The molecule has 0 aromatic heterocycles. The van der Waals surface area contributed by atoms with Gasteiger partial charge in [-0.25, -0.2) is 4.79 Å². The molecule has 0 heterocycles. The highest BCUT2D eigenvalue weighted by molar-refractivity contribution is 6.30. The van der Waals surface area contributed by atoms with E-state index >= 15 is 0 Å². The van der Waals surface area contributed by atoms with Crippen LogP contribution >= 0.6 is 11.6 Å². The Bertz CT molecular complexity index is 791. The monoisotopic (exact) mass is 359 g/mol. The van der Waals surface area contributed by atoms with Crippen molar-refractivity contribution in [1.82, 2.24) is 0 Å². The second kappa shape index (κ2) is 8.03. The van der Waals surface area contributed by atoms with Gasteiger partial charge in [0.05, 0.1) is 0 Å². The van der Waals surface area contributed by atoms with Crippen LogP contribution in [0, 0.1) is 0 Å². The lowest BCUT2D eigenvalue weighted by Gasteiger charge is -2.09. The fourth-order valence-corrected chi connectivity index (χ4v) is 2.92. The van der Waals surface area contributed by atoms with Crippen molar-refractivity contribution in [2.24, 2.45) is 0 Å². The van der Waals surface area contributed by atoms with Crippen LogP contribution in [0.2, 0.25) is 5.02 Å². The van der Waals surface area contributed by atoms with Crippen LogP contribution in [-0.2, 0) is 27.2 Å². The first-order valence-corrected chi connectivity index (χ1v) is 8.43. The fraction of sp³-hybridized carbons (Fsp3) is 0.263. The summed E-state index contributed by atoms with van der Waals surface area (Å²) in [7, 11) is 0. The molecule has 6 heteroatoms. The van der Waals surface area contributed by atoms with E-state index in [1.165, 1.54) is 11.1 Å². The average Bonchev–Trinajstić information content (AvgIpc) is 3.06. The van der Waals surface area contributed by atoms with Gasteiger partial charge >= 0.3 is 5.97 Å². The molecule has 2 aromatic rings. The summed E-state index contributed by atoms with van der Waals surface area (Å²) in [5.41, 5.74) is 3.15.